The second kappa shape index (κ2) is 20.8. The fraction of sp³-hybridized carbons (Fsp3) is 0.0526. The van der Waals surface area contributed by atoms with Gasteiger partial charge in [-0.15, -0.1) is 0 Å². The van der Waals surface area contributed by atoms with Gasteiger partial charge in [-0.25, -0.2) is 65.9 Å². The third-order valence-electron chi connectivity index (χ3n) is 14.0. The van der Waals surface area contributed by atoms with E-state index in [2.05, 4.69) is 0 Å². The summed E-state index contributed by atoms with van der Waals surface area (Å²) in [5.41, 5.74) is -8.41. The molecule has 3 nitrogen and oxygen atoms in total. The molecule has 0 aromatic heterocycles. The molecular weight excluding hydrogens is 1050 g/mol. The monoisotopic (exact) mass is 1080 g/mol. The van der Waals surface area contributed by atoms with Gasteiger partial charge < -0.3 is 13.7 Å². The maximum atomic E-state index is 17.4. The quantitative estimate of drug-likeness (QED) is 0.0401. The second-order valence-electron chi connectivity index (χ2n) is 17.9. The SMILES string of the molecule is Fc1c(F)c(F)c(C(B2OB(C(c3ccccc3)(c3ccccc3)c3c(F)c(F)c(F)c(F)c3F)OB(C(c3ccccc3)(c3ccccc3)c3c(F)c(F)c(F)c(F)c3F)O2)(c2ccccc2)c2ccccc2)c(F)c1F. The number of halogens is 15. The lowest BCUT2D eigenvalue weighted by atomic mass is 9.37. The van der Waals surface area contributed by atoms with Gasteiger partial charge in [0, 0.05) is 16.7 Å². The lowest BCUT2D eigenvalue weighted by Crippen LogP contribution is -2.69. The highest BCUT2D eigenvalue weighted by Gasteiger charge is 2.69. The highest BCUT2D eigenvalue weighted by Crippen LogP contribution is 2.55. The second-order valence-corrected chi connectivity index (χ2v) is 17.9. The summed E-state index contributed by atoms with van der Waals surface area (Å²) < 4.78 is 268. The van der Waals surface area contributed by atoms with Crippen LogP contribution in [0.1, 0.15) is 50.1 Å². The number of hydrogen-bond acceptors (Lipinski definition) is 3. The molecule has 21 heteroatoms. The summed E-state index contributed by atoms with van der Waals surface area (Å²) in [5.74, 6) is -38.6. The van der Waals surface area contributed by atoms with Crippen LogP contribution in [0.15, 0.2) is 182 Å². The Morgan fingerprint density at radius 1 is 0.192 bits per heavy atom. The van der Waals surface area contributed by atoms with Gasteiger partial charge in [0.2, 0.25) is 17.5 Å². The van der Waals surface area contributed by atoms with E-state index in [-0.39, 0.29) is 0 Å². The number of rotatable bonds is 12. The van der Waals surface area contributed by atoms with Crippen molar-refractivity contribution in [1.29, 1.82) is 0 Å². The van der Waals surface area contributed by atoms with E-state index in [0.717, 1.165) is 72.8 Å². The van der Waals surface area contributed by atoms with Crippen molar-refractivity contribution >= 4 is 21.4 Å². The van der Waals surface area contributed by atoms with Crippen LogP contribution in [0, 0.1) is 87.3 Å². The molecule has 9 aromatic rings. The molecule has 0 aliphatic carbocycles. The Bertz CT molecular complexity index is 3110. The predicted molar refractivity (Wildman–Crippen MR) is 258 cm³/mol. The molecule has 78 heavy (non-hydrogen) atoms. The third-order valence-corrected chi connectivity index (χ3v) is 14.0. The van der Waals surface area contributed by atoms with Gasteiger partial charge in [0.15, 0.2) is 69.8 Å². The molecule has 0 spiro atoms. The number of benzene rings is 9. The van der Waals surface area contributed by atoms with Crippen molar-refractivity contribution in [2.24, 2.45) is 0 Å². The Labute approximate surface area is 434 Å². The summed E-state index contributed by atoms with van der Waals surface area (Å²) in [6.45, 7) is 0. The molecule has 1 saturated heterocycles. The molecule has 0 N–H and O–H groups in total. The van der Waals surface area contributed by atoms with Crippen molar-refractivity contribution in [3.8, 4) is 0 Å². The van der Waals surface area contributed by atoms with Crippen molar-refractivity contribution < 1.29 is 79.6 Å². The Kier molecular flexibility index (Phi) is 14.2. The Balaban J connectivity index is 1.48. The lowest BCUT2D eigenvalue weighted by Gasteiger charge is -2.51. The summed E-state index contributed by atoms with van der Waals surface area (Å²) in [4.78, 5) is 0. The first-order chi connectivity index (χ1) is 37.5. The van der Waals surface area contributed by atoms with Crippen LogP contribution in [0.2, 0.25) is 0 Å². The van der Waals surface area contributed by atoms with Crippen molar-refractivity contribution in [3.63, 3.8) is 0 Å². The van der Waals surface area contributed by atoms with Crippen LogP contribution < -0.4 is 0 Å². The number of hydrogen-bond donors (Lipinski definition) is 0. The zero-order valence-electron chi connectivity index (χ0n) is 39.4. The Morgan fingerprint density at radius 2 is 0.321 bits per heavy atom. The highest BCUT2D eigenvalue weighted by molar-refractivity contribution is 6.78. The molecule has 0 atom stereocenters. The average molecular weight is 1080 g/mol. The molecule has 0 bridgehead atoms. The van der Waals surface area contributed by atoms with Crippen molar-refractivity contribution in [1.82, 2.24) is 0 Å². The topological polar surface area (TPSA) is 27.7 Å². The van der Waals surface area contributed by atoms with Crippen LogP contribution in [0.5, 0.6) is 0 Å². The van der Waals surface area contributed by atoms with Gasteiger partial charge in [-0.3, -0.25) is 0 Å². The van der Waals surface area contributed by atoms with E-state index in [1.165, 1.54) is 109 Å². The predicted octanol–water partition coefficient (Wildman–Crippen LogP) is 14.3. The maximum Gasteiger partial charge on any atom is 0.450 e. The smallest absolute Gasteiger partial charge is 0.450 e. The fourth-order valence-corrected chi connectivity index (χ4v) is 10.6. The minimum atomic E-state index is -3.28. The van der Waals surface area contributed by atoms with E-state index >= 15 is 65.9 Å². The lowest BCUT2D eigenvalue weighted by molar-refractivity contribution is 0.233. The van der Waals surface area contributed by atoms with Crippen LogP contribution in [-0.2, 0) is 29.7 Å². The van der Waals surface area contributed by atoms with Gasteiger partial charge >= 0.3 is 21.4 Å². The third kappa shape index (κ3) is 7.95. The van der Waals surface area contributed by atoms with Gasteiger partial charge in [0.25, 0.3) is 0 Å². The standard InChI is InChI=1S/C57H30B3F15O3/c61-40-37(41(62)47(68)52(73)46(40)67)55(31-19-7-1-8-20-31,32-21-9-2-10-22-32)58-76-59(56(33-23-11-3-12-24-33,34-25-13-4-14-26-34)38-42(63)48(69)53(74)49(70)43(38)64)78-60(77-58)57(35-27-15-5-16-28-35,36-29-17-6-18-30-36)39-44(65)50(71)54(75)51(72)45(39)66/h1-30H. The molecule has 0 radical (unpaired) electrons. The van der Waals surface area contributed by atoms with E-state index in [4.69, 9.17) is 13.7 Å². The zero-order chi connectivity index (χ0) is 55.4. The average Bonchev–Trinajstić information content (AvgIpc) is 2.81. The van der Waals surface area contributed by atoms with E-state index in [1.807, 2.05) is 0 Å². The van der Waals surface area contributed by atoms with Crippen molar-refractivity contribution in [3.05, 3.63) is 319 Å². The van der Waals surface area contributed by atoms with Gasteiger partial charge in [-0.1, -0.05) is 182 Å². The van der Waals surface area contributed by atoms with Crippen molar-refractivity contribution in [2.45, 2.75) is 15.9 Å². The molecule has 10 rings (SSSR count). The van der Waals surface area contributed by atoms with E-state index in [0.29, 0.717) is 0 Å². The molecule has 1 aliphatic rings. The van der Waals surface area contributed by atoms with Gasteiger partial charge in [0.05, 0.1) is 15.9 Å². The first kappa shape index (κ1) is 53.4. The molecule has 0 unspecified atom stereocenters. The Hall–Kier alpha value is -8.00. The van der Waals surface area contributed by atoms with Gasteiger partial charge in [0.1, 0.15) is 0 Å². The minimum absolute atomic E-state index is 0.508. The minimum Gasteiger partial charge on any atom is -0.450 e. The van der Waals surface area contributed by atoms with Crippen LogP contribution in [0.4, 0.5) is 65.9 Å². The Morgan fingerprint density at radius 3 is 0.462 bits per heavy atom. The van der Waals surface area contributed by atoms with Crippen LogP contribution in [0.3, 0.4) is 0 Å². The molecule has 390 valence electrons. The molecule has 1 heterocycles. The van der Waals surface area contributed by atoms with Gasteiger partial charge in [-0.05, 0) is 33.4 Å². The molecule has 0 saturated carbocycles. The van der Waals surface area contributed by atoms with Crippen LogP contribution >= 0.6 is 0 Å². The first-order valence-corrected chi connectivity index (χ1v) is 23.3. The van der Waals surface area contributed by atoms with E-state index in [9.17, 15) is 0 Å². The normalized spacial score (nSPS) is 13.3. The zero-order valence-corrected chi connectivity index (χ0v) is 39.4. The molecule has 1 aliphatic heterocycles. The summed E-state index contributed by atoms with van der Waals surface area (Å²) in [6.07, 6.45) is 0. The summed E-state index contributed by atoms with van der Waals surface area (Å²) in [6, 6.07) is 36.0. The molecular formula is C57H30B3F15O3. The summed E-state index contributed by atoms with van der Waals surface area (Å²) in [7, 11) is -8.92. The summed E-state index contributed by atoms with van der Waals surface area (Å²) in [5, 5.41) is -9.84. The first-order valence-electron chi connectivity index (χ1n) is 23.3. The molecule has 1 fully saturated rings. The van der Waals surface area contributed by atoms with Crippen LogP contribution in [0.25, 0.3) is 0 Å². The van der Waals surface area contributed by atoms with Gasteiger partial charge in [-0.2, -0.15) is 0 Å². The van der Waals surface area contributed by atoms with Crippen LogP contribution in [-0.4, -0.2) is 21.4 Å². The summed E-state index contributed by atoms with van der Waals surface area (Å²) >= 11 is 0. The fourth-order valence-electron chi connectivity index (χ4n) is 10.6. The van der Waals surface area contributed by atoms with E-state index < -0.39 is 175 Å². The van der Waals surface area contributed by atoms with E-state index in [1.54, 1.807) is 0 Å². The highest BCUT2D eigenvalue weighted by atomic mass is 19.2. The van der Waals surface area contributed by atoms with Crippen molar-refractivity contribution in [2.75, 3.05) is 0 Å². The largest absolute Gasteiger partial charge is 0.450 e. The molecule has 9 aromatic carbocycles. The maximum absolute atomic E-state index is 17.4. The molecule has 0 amide bonds.